The average Bonchev–Trinajstić information content (AvgIpc) is 2.85. The van der Waals surface area contributed by atoms with Crippen LogP contribution in [-0.4, -0.2) is 56.5 Å². The van der Waals surface area contributed by atoms with Gasteiger partial charge in [-0.1, -0.05) is 0 Å². The Morgan fingerprint density at radius 2 is 2.26 bits per heavy atom. The standard InChI is InChI=1S/C12H20N4O3/c1-2-16-11(13-9-14-16)7-15-5-3-10(4-6-15)19-8-12(17)18/h9-10H,2-8H2,1H3,(H,17,18). The number of piperidine rings is 1. The van der Waals surface area contributed by atoms with Crippen LogP contribution in [-0.2, 0) is 22.6 Å². The fraction of sp³-hybridized carbons (Fsp3) is 0.750. The normalized spacial score (nSPS) is 17.7. The van der Waals surface area contributed by atoms with E-state index in [0.29, 0.717) is 0 Å². The molecule has 7 heteroatoms. The highest BCUT2D eigenvalue weighted by Gasteiger charge is 2.21. The summed E-state index contributed by atoms with van der Waals surface area (Å²) >= 11 is 0. The topological polar surface area (TPSA) is 80.5 Å². The van der Waals surface area contributed by atoms with Crippen molar-refractivity contribution in [2.24, 2.45) is 0 Å². The van der Waals surface area contributed by atoms with Gasteiger partial charge in [0.15, 0.2) is 0 Å². The van der Waals surface area contributed by atoms with Crippen LogP contribution in [0.15, 0.2) is 6.33 Å². The molecule has 1 aliphatic heterocycles. The van der Waals surface area contributed by atoms with Crippen LogP contribution in [0, 0.1) is 0 Å². The summed E-state index contributed by atoms with van der Waals surface area (Å²) < 4.78 is 7.21. The van der Waals surface area contributed by atoms with Gasteiger partial charge in [0.2, 0.25) is 0 Å². The third-order valence-corrected chi connectivity index (χ3v) is 3.34. The van der Waals surface area contributed by atoms with Crippen molar-refractivity contribution in [3.05, 3.63) is 12.2 Å². The van der Waals surface area contributed by atoms with Crippen LogP contribution >= 0.6 is 0 Å². The summed E-state index contributed by atoms with van der Waals surface area (Å²) in [7, 11) is 0. The van der Waals surface area contributed by atoms with Gasteiger partial charge in [0.25, 0.3) is 0 Å². The van der Waals surface area contributed by atoms with E-state index in [1.165, 1.54) is 0 Å². The molecule has 0 aliphatic carbocycles. The first-order chi connectivity index (χ1) is 9.19. The molecule has 2 rings (SSSR count). The molecule has 1 aromatic rings. The minimum absolute atomic E-state index is 0.0661. The van der Waals surface area contributed by atoms with Crippen LogP contribution in [0.25, 0.3) is 0 Å². The monoisotopic (exact) mass is 268 g/mol. The lowest BCUT2D eigenvalue weighted by Crippen LogP contribution is -2.37. The number of carboxylic acids is 1. The summed E-state index contributed by atoms with van der Waals surface area (Å²) in [5.74, 6) is 0.0749. The molecule has 0 aromatic carbocycles. The predicted molar refractivity (Wildman–Crippen MR) is 67.6 cm³/mol. The number of likely N-dealkylation sites (tertiary alicyclic amines) is 1. The number of rotatable bonds is 6. The highest BCUT2D eigenvalue weighted by atomic mass is 16.5. The second-order valence-corrected chi connectivity index (χ2v) is 4.67. The quantitative estimate of drug-likeness (QED) is 0.802. The van der Waals surface area contributed by atoms with E-state index in [0.717, 1.165) is 44.8 Å². The lowest BCUT2D eigenvalue weighted by Gasteiger charge is -2.31. The van der Waals surface area contributed by atoms with Gasteiger partial charge in [-0.15, -0.1) is 0 Å². The summed E-state index contributed by atoms with van der Waals surface area (Å²) in [5, 5.41) is 12.7. The van der Waals surface area contributed by atoms with Crippen molar-refractivity contribution < 1.29 is 14.6 Å². The van der Waals surface area contributed by atoms with Gasteiger partial charge < -0.3 is 9.84 Å². The lowest BCUT2D eigenvalue weighted by atomic mass is 10.1. The summed E-state index contributed by atoms with van der Waals surface area (Å²) in [6, 6.07) is 0. The zero-order valence-electron chi connectivity index (χ0n) is 11.2. The van der Waals surface area contributed by atoms with Crippen LogP contribution < -0.4 is 0 Å². The first-order valence-corrected chi connectivity index (χ1v) is 6.61. The number of nitrogens with zero attached hydrogens (tertiary/aromatic N) is 4. The third-order valence-electron chi connectivity index (χ3n) is 3.34. The van der Waals surface area contributed by atoms with Crippen LogP contribution in [0.1, 0.15) is 25.6 Å². The van der Waals surface area contributed by atoms with Gasteiger partial charge in [-0.05, 0) is 19.8 Å². The van der Waals surface area contributed by atoms with E-state index >= 15 is 0 Å². The molecule has 0 amide bonds. The van der Waals surface area contributed by atoms with Gasteiger partial charge in [0, 0.05) is 19.6 Å². The van der Waals surface area contributed by atoms with Crippen molar-refractivity contribution in [1.29, 1.82) is 0 Å². The van der Waals surface area contributed by atoms with Gasteiger partial charge in [-0.2, -0.15) is 5.10 Å². The second-order valence-electron chi connectivity index (χ2n) is 4.67. The molecule has 1 aromatic heterocycles. The van der Waals surface area contributed by atoms with E-state index in [1.54, 1.807) is 6.33 Å². The molecule has 7 nitrogen and oxygen atoms in total. The van der Waals surface area contributed by atoms with E-state index in [4.69, 9.17) is 9.84 Å². The van der Waals surface area contributed by atoms with Crippen molar-refractivity contribution in [2.45, 2.75) is 39.0 Å². The zero-order valence-corrected chi connectivity index (χ0v) is 11.2. The Kier molecular flexibility index (Phi) is 4.86. The maximum absolute atomic E-state index is 10.4. The van der Waals surface area contributed by atoms with Gasteiger partial charge in [-0.25, -0.2) is 14.5 Å². The first kappa shape index (κ1) is 14.0. The molecule has 0 radical (unpaired) electrons. The number of aryl methyl sites for hydroxylation is 1. The number of aromatic nitrogens is 3. The molecule has 1 saturated heterocycles. The van der Waals surface area contributed by atoms with E-state index in [-0.39, 0.29) is 12.7 Å². The third kappa shape index (κ3) is 4.00. The Hall–Kier alpha value is -1.47. The van der Waals surface area contributed by atoms with Gasteiger partial charge in [0.05, 0.1) is 12.6 Å². The summed E-state index contributed by atoms with van der Waals surface area (Å²) in [4.78, 5) is 17.0. The molecule has 0 atom stereocenters. The molecule has 1 N–H and O–H groups in total. The SMILES string of the molecule is CCn1ncnc1CN1CCC(OCC(=O)O)CC1. The highest BCUT2D eigenvalue weighted by molar-refractivity contribution is 5.68. The highest BCUT2D eigenvalue weighted by Crippen LogP contribution is 2.15. The molecule has 0 unspecified atom stereocenters. The van der Waals surface area contributed by atoms with Crippen molar-refractivity contribution >= 4 is 5.97 Å². The Morgan fingerprint density at radius 3 is 2.89 bits per heavy atom. The van der Waals surface area contributed by atoms with Gasteiger partial charge >= 0.3 is 5.97 Å². The number of carboxylic acid groups (broad SMARTS) is 1. The van der Waals surface area contributed by atoms with E-state index in [9.17, 15) is 4.79 Å². The van der Waals surface area contributed by atoms with E-state index in [1.807, 2.05) is 11.6 Å². The van der Waals surface area contributed by atoms with E-state index < -0.39 is 5.97 Å². The minimum Gasteiger partial charge on any atom is -0.480 e. The Bertz CT molecular complexity index is 413. The van der Waals surface area contributed by atoms with Crippen molar-refractivity contribution in [1.82, 2.24) is 19.7 Å². The van der Waals surface area contributed by atoms with Crippen LogP contribution in [0.5, 0.6) is 0 Å². The molecule has 1 aliphatic rings. The van der Waals surface area contributed by atoms with Gasteiger partial charge in [0.1, 0.15) is 18.8 Å². The predicted octanol–water partition coefficient (Wildman–Crippen LogP) is 0.364. The summed E-state index contributed by atoms with van der Waals surface area (Å²) in [6.45, 7) is 5.27. The maximum Gasteiger partial charge on any atom is 0.329 e. The van der Waals surface area contributed by atoms with Crippen molar-refractivity contribution in [3.8, 4) is 0 Å². The molecular weight excluding hydrogens is 248 g/mol. The van der Waals surface area contributed by atoms with Gasteiger partial charge in [-0.3, -0.25) is 4.90 Å². The maximum atomic E-state index is 10.4. The molecular formula is C12H20N4O3. The zero-order chi connectivity index (χ0) is 13.7. The number of ether oxygens (including phenoxy) is 1. The fourth-order valence-electron chi connectivity index (χ4n) is 2.30. The van der Waals surface area contributed by atoms with Crippen LogP contribution in [0.2, 0.25) is 0 Å². The number of hydrogen-bond acceptors (Lipinski definition) is 5. The number of carbonyl (C=O) groups is 1. The first-order valence-electron chi connectivity index (χ1n) is 6.61. The Morgan fingerprint density at radius 1 is 1.53 bits per heavy atom. The number of hydrogen-bond donors (Lipinski definition) is 1. The minimum atomic E-state index is -0.904. The summed E-state index contributed by atoms with van der Waals surface area (Å²) in [5.41, 5.74) is 0. The fourth-order valence-corrected chi connectivity index (χ4v) is 2.30. The molecule has 19 heavy (non-hydrogen) atoms. The molecule has 0 spiro atoms. The van der Waals surface area contributed by atoms with Crippen molar-refractivity contribution in [3.63, 3.8) is 0 Å². The molecule has 0 bridgehead atoms. The molecule has 106 valence electrons. The van der Waals surface area contributed by atoms with Crippen LogP contribution in [0.4, 0.5) is 0 Å². The molecule has 0 saturated carbocycles. The molecule has 2 heterocycles. The second kappa shape index (κ2) is 6.63. The number of aliphatic carboxylic acids is 1. The Labute approximate surface area is 112 Å². The lowest BCUT2D eigenvalue weighted by molar-refractivity contribution is -0.145. The smallest absolute Gasteiger partial charge is 0.329 e. The Balaban J connectivity index is 1.76. The average molecular weight is 268 g/mol. The van der Waals surface area contributed by atoms with E-state index in [2.05, 4.69) is 15.0 Å². The van der Waals surface area contributed by atoms with Crippen LogP contribution in [0.3, 0.4) is 0 Å². The van der Waals surface area contributed by atoms with Crippen molar-refractivity contribution in [2.75, 3.05) is 19.7 Å². The summed E-state index contributed by atoms with van der Waals surface area (Å²) in [6.07, 6.45) is 3.39. The molecule has 1 fully saturated rings. The largest absolute Gasteiger partial charge is 0.480 e.